The van der Waals surface area contributed by atoms with E-state index in [9.17, 15) is 9.18 Å². The summed E-state index contributed by atoms with van der Waals surface area (Å²) in [7, 11) is 0. The minimum atomic E-state index is -0.292. The quantitative estimate of drug-likeness (QED) is 0.485. The van der Waals surface area contributed by atoms with Crippen molar-refractivity contribution in [3.8, 4) is 0 Å². The second kappa shape index (κ2) is 8.48. The molecule has 3 rings (SSSR count). The van der Waals surface area contributed by atoms with Crippen LogP contribution in [0.3, 0.4) is 0 Å². The zero-order chi connectivity index (χ0) is 19.4. The Kier molecular flexibility index (Phi) is 6.06. The lowest BCUT2D eigenvalue weighted by Gasteiger charge is -2.21. The summed E-state index contributed by atoms with van der Waals surface area (Å²) in [5.74, 6) is 0.347. The number of nitrogens with zero attached hydrogens (tertiary/aromatic N) is 3. The average Bonchev–Trinajstić information content (AvgIpc) is 2.98. The molecule has 0 saturated carbocycles. The molecule has 1 aromatic heterocycles. The van der Waals surface area contributed by atoms with Crippen molar-refractivity contribution in [2.24, 2.45) is 0 Å². The molecule has 2 aromatic carbocycles. The number of carbonyl (C=O) groups excluding carboxylic acids is 1. The van der Waals surface area contributed by atoms with E-state index in [2.05, 4.69) is 34.4 Å². The second-order valence-corrected chi connectivity index (χ2v) is 7.21. The van der Waals surface area contributed by atoms with Gasteiger partial charge in [-0.3, -0.25) is 4.79 Å². The fourth-order valence-corrected chi connectivity index (χ4v) is 3.49. The lowest BCUT2D eigenvalue weighted by Crippen LogP contribution is -2.32. The number of rotatable bonds is 7. The predicted octanol–water partition coefficient (Wildman–Crippen LogP) is 5.18. The Hall–Kier alpha value is -2.47. The van der Waals surface area contributed by atoms with Gasteiger partial charge in [-0.15, -0.1) is 6.58 Å². The molecule has 0 N–H and O–H groups in total. The minimum Gasteiger partial charge on any atom is -0.327 e. The molecule has 0 radical (unpaired) electrons. The molecule has 0 bridgehead atoms. The molecule has 27 heavy (non-hydrogen) atoms. The van der Waals surface area contributed by atoms with Crippen LogP contribution in [0.5, 0.6) is 0 Å². The molecule has 4 nitrogen and oxygen atoms in total. The van der Waals surface area contributed by atoms with Gasteiger partial charge in [-0.25, -0.2) is 9.37 Å². The van der Waals surface area contributed by atoms with Crippen LogP contribution in [0.15, 0.2) is 59.6 Å². The van der Waals surface area contributed by atoms with Crippen molar-refractivity contribution in [2.45, 2.75) is 26.4 Å². The van der Waals surface area contributed by atoms with Crippen molar-refractivity contribution in [3.63, 3.8) is 0 Å². The van der Waals surface area contributed by atoms with E-state index in [1.807, 2.05) is 16.7 Å². The molecule has 0 aliphatic carbocycles. The van der Waals surface area contributed by atoms with Crippen LogP contribution in [0.2, 0.25) is 0 Å². The number of halogens is 2. The Morgan fingerprint density at radius 2 is 2.15 bits per heavy atom. The van der Waals surface area contributed by atoms with Gasteiger partial charge in [0.1, 0.15) is 11.6 Å². The SMILES string of the molecule is C=CCN(Cc1nc2ccc(F)cc2n1CCC)C(=O)c1cccc(Br)c1. The fraction of sp³-hybridized carbons (Fsp3) is 0.238. The number of carbonyl (C=O) groups is 1. The van der Waals surface area contributed by atoms with Gasteiger partial charge >= 0.3 is 0 Å². The summed E-state index contributed by atoms with van der Waals surface area (Å²) in [5, 5.41) is 0. The normalized spacial score (nSPS) is 10.9. The van der Waals surface area contributed by atoms with Crippen LogP contribution in [0.1, 0.15) is 29.5 Å². The number of benzene rings is 2. The lowest BCUT2D eigenvalue weighted by molar-refractivity contribution is 0.0757. The number of fused-ring (bicyclic) bond motifs is 1. The van der Waals surface area contributed by atoms with Crippen molar-refractivity contribution in [2.75, 3.05) is 6.54 Å². The number of hydrogen-bond acceptors (Lipinski definition) is 2. The standard InChI is InChI=1S/C21H21BrFN3O/c1-3-10-25(21(27)15-6-5-7-16(22)12-15)14-20-24-18-9-8-17(23)13-19(18)26(20)11-4-2/h3,5-9,12-13H,1,4,10-11,14H2,2H3. The van der Waals surface area contributed by atoms with Crippen molar-refractivity contribution in [1.82, 2.24) is 14.5 Å². The van der Waals surface area contributed by atoms with Crippen LogP contribution in [0, 0.1) is 5.82 Å². The molecule has 0 saturated heterocycles. The smallest absolute Gasteiger partial charge is 0.254 e. The van der Waals surface area contributed by atoms with Crippen LogP contribution < -0.4 is 0 Å². The monoisotopic (exact) mass is 429 g/mol. The van der Waals surface area contributed by atoms with E-state index in [1.165, 1.54) is 12.1 Å². The molecule has 0 aliphatic rings. The largest absolute Gasteiger partial charge is 0.327 e. The number of aromatic nitrogens is 2. The molecule has 6 heteroatoms. The number of amides is 1. The Labute approximate surface area is 166 Å². The first-order valence-corrected chi connectivity index (χ1v) is 9.63. The molecule has 140 valence electrons. The van der Waals surface area contributed by atoms with Gasteiger partial charge in [0.05, 0.1) is 17.6 Å². The third kappa shape index (κ3) is 4.27. The van der Waals surface area contributed by atoms with Crippen molar-refractivity contribution in [1.29, 1.82) is 0 Å². The fourth-order valence-electron chi connectivity index (χ4n) is 3.09. The van der Waals surface area contributed by atoms with E-state index in [0.29, 0.717) is 25.2 Å². The highest BCUT2D eigenvalue weighted by molar-refractivity contribution is 9.10. The van der Waals surface area contributed by atoms with Gasteiger partial charge in [0.15, 0.2) is 0 Å². The zero-order valence-electron chi connectivity index (χ0n) is 15.2. The van der Waals surface area contributed by atoms with Crippen LogP contribution in [-0.2, 0) is 13.1 Å². The number of aryl methyl sites for hydroxylation is 1. The lowest BCUT2D eigenvalue weighted by atomic mass is 10.2. The van der Waals surface area contributed by atoms with Crippen LogP contribution >= 0.6 is 15.9 Å². The van der Waals surface area contributed by atoms with E-state index < -0.39 is 0 Å². The van der Waals surface area contributed by atoms with Crippen LogP contribution in [-0.4, -0.2) is 26.9 Å². The van der Waals surface area contributed by atoms with Gasteiger partial charge in [0.2, 0.25) is 0 Å². The van der Waals surface area contributed by atoms with Crippen molar-refractivity contribution in [3.05, 3.63) is 76.8 Å². The van der Waals surface area contributed by atoms with Gasteiger partial charge in [-0.1, -0.05) is 35.0 Å². The Bertz CT molecular complexity index is 983. The summed E-state index contributed by atoms with van der Waals surface area (Å²) in [4.78, 5) is 19.3. The minimum absolute atomic E-state index is 0.0996. The Morgan fingerprint density at radius 3 is 2.85 bits per heavy atom. The van der Waals surface area contributed by atoms with Gasteiger partial charge in [-0.2, -0.15) is 0 Å². The third-order valence-electron chi connectivity index (χ3n) is 4.28. The van der Waals surface area contributed by atoms with Gasteiger partial charge in [-0.05, 0) is 42.8 Å². The first kappa shape index (κ1) is 19.3. The molecule has 0 fully saturated rings. The highest BCUT2D eigenvalue weighted by Gasteiger charge is 2.19. The molecule has 0 spiro atoms. The van der Waals surface area contributed by atoms with E-state index in [1.54, 1.807) is 29.2 Å². The first-order chi connectivity index (χ1) is 13.0. The second-order valence-electron chi connectivity index (χ2n) is 6.30. The number of imidazole rings is 1. The maximum Gasteiger partial charge on any atom is 0.254 e. The van der Waals surface area contributed by atoms with Crippen molar-refractivity contribution < 1.29 is 9.18 Å². The average molecular weight is 430 g/mol. The molecule has 0 aliphatic heterocycles. The molecule has 1 heterocycles. The summed E-state index contributed by atoms with van der Waals surface area (Å²) in [5.41, 5.74) is 2.07. The predicted molar refractivity (Wildman–Crippen MR) is 109 cm³/mol. The maximum absolute atomic E-state index is 13.7. The van der Waals surface area contributed by atoms with Crippen molar-refractivity contribution >= 4 is 32.9 Å². The summed E-state index contributed by atoms with van der Waals surface area (Å²) in [6, 6.07) is 11.9. The number of hydrogen-bond donors (Lipinski definition) is 0. The molecule has 0 unspecified atom stereocenters. The van der Waals surface area contributed by atoms with Gasteiger partial charge < -0.3 is 9.47 Å². The molecular weight excluding hydrogens is 409 g/mol. The highest BCUT2D eigenvalue weighted by Crippen LogP contribution is 2.21. The molecule has 3 aromatic rings. The van der Waals surface area contributed by atoms with E-state index in [0.717, 1.165) is 27.8 Å². The summed E-state index contributed by atoms with van der Waals surface area (Å²) < 4.78 is 16.6. The summed E-state index contributed by atoms with van der Waals surface area (Å²) >= 11 is 3.40. The Morgan fingerprint density at radius 1 is 1.33 bits per heavy atom. The van der Waals surface area contributed by atoms with Crippen LogP contribution in [0.25, 0.3) is 11.0 Å². The first-order valence-electron chi connectivity index (χ1n) is 8.84. The van der Waals surface area contributed by atoms with E-state index in [-0.39, 0.29) is 11.7 Å². The highest BCUT2D eigenvalue weighted by atomic mass is 79.9. The van der Waals surface area contributed by atoms with E-state index >= 15 is 0 Å². The third-order valence-corrected chi connectivity index (χ3v) is 4.77. The topological polar surface area (TPSA) is 38.1 Å². The Balaban J connectivity index is 1.97. The maximum atomic E-state index is 13.7. The molecule has 1 amide bonds. The van der Waals surface area contributed by atoms with Crippen LogP contribution in [0.4, 0.5) is 4.39 Å². The summed E-state index contributed by atoms with van der Waals surface area (Å²) in [6.45, 7) is 7.26. The van der Waals surface area contributed by atoms with Gasteiger partial charge in [0, 0.05) is 23.1 Å². The molecular formula is C21H21BrFN3O. The van der Waals surface area contributed by atoms with Gasteiger partial charge in [0.25, 0.3) is 5.91 Å². The van der Waals surface area contributed by atoms with E-state index in [4.69, 9.17) is 0 Å². The zero-order valence-corrected chi connectivity index (χ0v) is 16.7. The summed E-state index contributed by atoms with van der Waals surface area (Å²) in [6.07, 6.45) is 2.58. The molecule has 0 atom stereocenters.